The molecule has 0 saturated heterocycles. The Morgan fingerprint density at radius 2 is 1.64 bits per heavy atom. The predicted molar refractivity (Wildman–Crippen MR) is 116 cm³/mol. The van der Waals surface area contributed by atoms with Gasteiger partial charge in [0.25, 0.3) is 0 Å². The fourth-order valence-corrected chi connectivity index (χ4v) is 2.81. The summed E-state index contributed by atoms with van der Waals surface area (Å²) in [5.41, 5.74) is 3.10. The van der Waals surface area contributed by atoms with Crippen LogP contribution in [0.15, 0.2) is 60.7 Å². The lowest BCUT2D eigenvalue weighted by Gasteiger charge is -2.21. The second kappa shape index (κ2) is 8.74. The van der Waals surface area contributed by atoms with Crippen LogP contribution in [-0.4, -0.2) is 29.2 Å². The molecule has 0 amide bonds. The highest BCUT2D eigenvalue weighted by Crippen LogP contribution is 2.23. The highest BCUT2D eigenvalue weighted by molar-refractivity contribution is 5.64. The molecule has 0 radical (unpaired) electrons. The van der Waals surface area contributed by atoms with Gasteiger partial charge in [0.15, 0.2) is 0 Å². The van der Waals surface area contributed by atoms with Gasteiger partial charge in [0.05, 0.1) is 12.8 Å². The van der Waals surface area contributed by atoms with E-state index in [-0.39, 0.29) is 5.54 Å². The lowest BCUT2D eigenvalue weighted by molar-refractivity contribution is 0.414. The predicted octanol–water partition coefficient (Wildman–Crippen LogP) is 5.02. The van der Waals surface area contributed by atoms with Crippen molar-refractivity contribution in [3.63, 3.8) is 0 Å². The highest BCUT2D eigenvalue weighted by atomic mass is 16.5. The molecule has 146 valence electrons. The first kappa shape index (κ1) is 19.7. The molecule has 5 nitrogen and oxygen atoms in total. The van der Waals surface area contributed by atoms with Gasteiger partial charge >= 0.3 is 0 Å². The maximum atomic E-state index is 5.21. The lowest BCUT2D eigenvalue weighted by Crippen LogP contribution is -2.27. The number of anilines is 2. The SMILES string of the molecule is COc1ccc(CCNc2cc(-c3ccccc3)nc(NC(C)(C)C)n2)cc1. The summed E-state index contributed by atoms with van der Waals surface area (Å²) in [6.45, 7) is 7.08. The average molecular weight is 377 g/mol. The molecular weight excluding hydrogens is 348 g/mol. The van der Waals surface area contributed by atoms with E-state index in [0.717, 1.165) is 35.8 Å². The Balaban J connectivity index is 1.75. The van der Waals surface area contributed by atoms with E-state index in [9.17, 15) is 0 Å². The van der Waals surface area contributed by atoms with Crippen molar-refractivity contribution in [1.29, 1.82) is 0 Å². The molecule has 0 saturated carbocycles. The van der Waals surface area contributed by atoms with E-state index in [2.05, 4.69) is 60.7 Å². The topological polar surface area (TPSA) is 59.1 Å². The molecule has 0 atom stereocenters. The summed E-state index contributed by atoms with van der Waals surface area (Å²) in [6, 6.07) is 20.3. The number of nitrogens with zero attached hydrogens (tertiary/aromatic N) is 2. The molecule has 2 N–H and O–H groups in total. The van der Waals surface area contributed by atoms with Crippen molar-refractivity contribution in [1.82, 2.24) is 9.97 Å². The van der Waals surface area contributed by atoms with Crippen LogP contribution in [0.5, 0.6) is 5.75 Å². The van der Waals surface area contributed by atoms with Crippen LogP contribution in [0, 0.1) is 0 Å². The van der Waals surface area contributed by atoms with Gasteiger partial charge in [-0.2, -0.15) is 4.98 Å². The minimum Gasteiger partial charge on any atom is -0.497 e. The van der Waals surface area contributed by atoms with Gasteiger partial charge in [0, 0.05) is 23.7 Å². The normalized spacial score (nSPS) is 11.1. The Bertz CT molecular complexity index is 887. The second-order valence-corrected chi connectivity index (χ2v) is 7.73. The van der Waals surface area contributed by atoms with Crippen LogP contribution in [0.2, 0.25) is 0 Å². The monoisotopic (exact) mass is 376 g/mol. The average Bonchev–Trinajstić information content (AvgIpc) is 2.68. The summed E-state index contributed by atoms with van der Waals surface area (Å²) in [7, 11) is 1.68. The van der Waals surface area contributed by atoms with Crippen molar-refractivity contribution < 1.29 is 4.74 Å². The first-order valence-electron chi connectivity index (χ1n) is 9.52. The number of benzene rings is 2. The fraction of sp³-hybridized carbons (Fsp3) is 0.304. The van der Waals surface area contributed by atoms with E-state index in [4.69, 9.17) is 9.72 Å². The number of ether oxygens (including phenoxy) is 1. The molecule has 0 fully saturated rings. The van der Waals surface area contributed by atoms with Gasteiger partial charge in [-0.15, -0.1) is 0 Å². The molecule has 28 heavy (non-hydrogen) atoms. The van der Waals surface area contributed by atoms with Crippen molar-refractivity contribution in [3.05, 3.63) is 66.2 Å². The highest BCUT2D eigenvalue weighted by Gasteiger charge is 2.13. The number of hydrogen-bond donors (Lipinski definition) is 2. The maximum Gasteiger partial charge on any atom is 0.225 e. The zero-order chi connectivity index (χ0) is 20.0. The van der Waals surface area contributed by atoms with Crippen LogP contribution in [0.4, 0.5) is 11.8 Å². The minimum absolute atomic E-state index is 0.115. The van der Waals surface area contributed by atoms with Crippen LogP contribution >= 0.6 is 0 Å². The Labute approximate surface area is 167 Å². The summed E-state index contributed by atoms with van der Waals surface area (Å²) in [5, 5.41) is 6.81. The first-order valence-corrected chi connectivity index (χ1v) is 9.52. The third kappa shape index (κ3) is 5.71. The largest absolute Gasteiger partial charge is 0.497 e. The number of rotatable bonds is 7. The minimum atomic E-state index is -0.115. The van der Waals surface area contributed by atoms with Crippen molar-refractivity contribution >= 4 is 11.8 Å². The zero-order valence-electron chi connectivity index (χ0n) is 17.0. The van der Waals surface area contributed by atoms with Crippen LogP contribution in [-0.2, 0) is 6.42 Å². The van der Waals surface area contributed by atoms with Gasteiger partial charge in [-0.3, -0.25) is 0 Å². The van der Waals surface area contributed by atoms with Gasteiger partial charge in [-0.05, 0) is 44.9 Å². The number of nitrogens with one attached hydrogen (secondary N) is 2. The summed E-state index contributed by atoms with van der Waals surface area (Å²) in [4.78, 5) is 9.35. The molecule has 0 unspecified atom stereocenters. The van der Waals surface area contributed by atoms with Crippen molar-refractivity contribution in [2.75, 3.05) is 24.3 Å². The first-order chi connectivity index (χ1) is 13.4. The summed E-state index contributed by atoms with van der Waals surface area (Å²) < 4.78 is 5.21. The van der Waals surface area contributed by atoms with Gasteiger partial charge in [0.1, 0.15) is 11.6 Å². The Hall–Kier alpha value is -3.08. The summed E-state index contributed by atoms with van der Waals surface area (Å²) >= 11 is 0. The molecular formula is C23H28N4O. The Kier molecular flexibility index (Phi) is 6.14. The molecule has 3 aromatic rings. The van der Waals surface area contributed by atoms with E-state index < -0.39 is 0 Å². The van der Waals surface area contributed by atoms with E-state index in [1.165, 1.54) is 5.56 Å². The van der Waals surface area contributed by atoms with Crippen LogP contribution in [0.3, 0.4) is 0 Å². The molecule has 0 spiro atoms. The third-order valence-electron chi connectivity index (χ3n) is 4.16. The molecule has 0 bridgehead atoms. The van der Waals surface area contributed by atoms with Gasteiger partial charge in [-0.1, -0.05) is 42.5 Å². The van der Waals surface area contributed by atoms with Gasteiger partial charge in [0.2, 0.25) is 5.95 Å². The van der Waals surface area contributed by atoms with Crippen molar-refractivity contribution in [2.24, 2.45) is 0 Å². The smallest absolute Gasteiger partial charge is 0.225 e. The van der Waals surface area contributed by atoms with Crippen LogP contribution in [0.1, 0.15) is 26.3 Å². The number of methoxy groups -OCH3 is 1. The van der Waals surface area contributed by atoms with E-state index in [1.807, 2.05) is 36.4 Å². The van der Waals surface area contributed by atoms with Crippen molar-refractivity contribution in [2.45, 2.75) is 32.7 Å². The molecule has 2 aromatic carbocycles. The Morgan fingerprint density at radius 3 is 2.29 bits per heavy atom. The third-order valence-corrected chi connectivity index (χ3v) is 4.16. The zero-order valence-corrected chi connectivity index (χ0v) is 17.0. The molecule has 0 aliphatic carbocycles. The molecule has 0 aliphatic rings. The number of hydrogen-bond acceptors (Lipinski definition) is 5. The summed E-state index contributed by atoms with van der Waals surface area (Å²) in [5.74, 6) is 2.31. The standard InChI is InChI=1S/C23H28N4O/c1-23(2,3)27-22-25-20(18-8-6-5-7-9-18)16-21(26-22)24-15-14-17-10-12-19(28-4)13-11-17/h5-13,16H,14-15H2,1-4H3,(H2,24,25,26,27). The van der Waals surface area contributed by atoms with Gasteiger partial charge < -0.3 is 15.4 Å². The summed E-state index contributed by atoms with van der Waals surface area (Å²) in [6.07, 6.45) is 0.900. The quantitative estimate of drug-likeness (QED) is 0.606. The molecule has 0 aliphatic heterocycles. The number of aromatic nitrogens is 2. The molecule has 1 aromatic heterocycles. The van der Waals surface area contributed by atoms with Gasteiger partial charge in [-0.25, -0.2) is 4.98 Å². The molecule has 3 rings (SSSR count). The lowest BCUT2D eigenvalue weighted by atomic mass is 10.1. The van der Waals surface area contributed by atoms with E-state index >= 15 is 0 Å². The van der Waals surface area contributed by atoms with Crippen LogP contribution < -0.4 is 15.4 Å². The molecule has 5 heteroatoms. The van der Waals surface area contributed by atoms with E-state index in [1.54, 1.807) is 7.11 Å². The fourth-order valence-electron chi connectivity index (χ4n) is 2.81. The molecule has 1 heterocycles. The second-order valence-electron chi connectivity index (χ2n) is 7.73. The Morgan fingerprint density at radius 1 is 0.929 bits per heavy atom. The van der Waals surface area contributed by atoms with Crippen LogP contribution in [0.25, 0.3) is 11.3 Å². The van der Waals surface area contributed by atoms with E-state index in [0.29, 0.717) is 5.95 Å². The van der Waals surface area contributed by atoms with Crippen molar-refractivity contribution in [3.8, 4) is 17.0 Å². The maximum absolute atomic E-state index is 5.21.